The average Bonchev–Trinajstić information content (AvgIpc) is 3.43. The standard InChI is InChI=1S/C20H20F3N5O/c1-12(25-19(29)8-13-2-4-14(5-3-13)15-6-7-15)16-9-17-18(10-24-16)28(27-26-17)11-20(21,22)23/h2-5,9-10,12,15H,6-8,11H2,1H3,(H,25,29)/t12-/m1/s1. The van der Waals surface area contributed by atoms with E-state index in [-0.39, 0.29) is 17.8 Å². The second kappa shape index (κ2) is 7.46. The molecular weight excluding hydrogens is 383 g/mol. The number of aromatic nitrogens is 4. The number of nitrogens with zero attached hydrogens (tertiary/aromatic N) is 4. The summed E-state index contributed by atoms with van der Waals surface area (Å²) in [5, 5.41) is 10.2. The number of fused-ring (bicyclic) bond motifs is 1. The Morgan fingerprint density at radius 3 is 2.66 bits per heavy atom. The Morgan fingerprint density at radius 1 is 1.28 bits per heavy atom. The van der Waals surface area contributed by atoms with Gasteiger partial charge in [-0.3, -0.25) is 9.78 Å². The molecule has 1 aromatic carbocycles. The van der Waals surface area contributed by atoms with Crippen molar-refractivity contribution in [3.63, 3.8) is 0 Å². The summed E-state index contributed by atoms with van der Waals surface area (Å²) in [5.74, 6) is 0.521. The van der Waals surface area contributed by atoms with E-state index in [1.165, 1.54) is 24.6 Å². The SMILES string of the molecule is C[C@@H](NC(=O)Cc1ccc(C2CC2)cc1)c1cc2nnn(CC(F)(F)F)c2cn1. The van der Waals surface area contributed by atoms with Gasteiger partial charge < -0.3 is 5.32 Å². The van der Waals surface area contributed by atoms with Gasteiger partial charge in [-0.25, -0.2) is 4.68 Å². The van der Waals surface area contributed by atoms with Crippen LogP contribution in [0.25, 0.3) is 11.0 Å². The maximum absolute atomic E-state index is 12.6. The van der Waals surface area contributed by atoms with Crippen LogP contribution in [0, 0.1) is 0 Å². The van der Waals surface area contributed by atoms with Gasteiger partial charge in [-0.1, -0.05) is 29.5 Å². The summed E-state index contributed by atoms with van der Waals surface area (Å²) in [7, 11) is 0. The molecule has 0 unspecified atom stereocenters. The van der Waals surface area contributed by atoms with Gasteiger partial charge in [-0.15, -0.1) is 5.10 Å². The van der Waals surface area contributed by atoms with Crippen LogP contribution < -0.4 is 5.32 Å². The first-order valence-electron chi connectivity index (χ1n) is 9.42. The summed E-state index contributed by atoms with van der Waals surface area (Å²) in [5.41, 5.74) is 3.25. The average molecular weight is 403 g/mol. The fourth-order valence-corrected chi connectivity index (χ4v) is 3.28. The number of carbonyl (C=O) groups is 1. The van der Waals surface area contributed by atoms with E-state index >= 15 is 0 Å². The van der Waals surface area contributed by atoms with Crippen molar-refractivity contribution in [2.24, 2.45) is 0 Å². The van der Waals surface area contributed by atoms with E-state index in [1.807, 2.05) is 12.1 Å². The minimum atomic E-state index is -4.39. The summed E-state index contributed by atoms with van der Waals surface area (Å²) >= 11 is 0. The van der Waals surface area contributed by atoms with Gasteiger partial charge in [0.1, 0.15) is 17.6 Å². The van der Waals surface area contributed by atoms with E-state index in [0.29, 0.717) is 17.1 Å². The highest BCUT2D eigenvalue weighted by molar-refractivity contribution is 5.79. The Labute approximate surface area is 165 Å². The summed E-state index contributed by atoms with van der Waals surface area (Å²) in [6.07, 6.45) is -0.371. The predicted molar refractivity (Wildman–Crippen MR) is 100 cm³/mol. The molecule has 0 bridgehead atoms. The molecule has 0 aliphatic heterocycles. The number of hydrogen-bond donors (Lipinski definition) is 1. The number of carbonyl (C=O) groups excluding carboxylic acids is 1. The third kappa shape index (κ3) is 4.72. The van der Waals surface area contributed by atoms with Gasteiger partial charge >= 0.3 is 6.18 Å². The molecule has 1 N–H and O–H groups in total. The van der Waals surface area contributed by atoms with Crippen LogP contribution in [0.5, 0.6) is 0 Å². The van der Waals surface area contributed by atoms with Crippen molar-refractivity contribution in [1.82, 2.24) is 25.3 Å². The normalized spacial score (nSPS) is 15.4. The summed E-state index contributed by atoms with van der Waals surface area (Å²) < 4.78 is 38.5. The lowest BCUT2D eigenvalue weighted by Gasteiger charge is -2.14. The highest BCUT2D eigenvalue weighted by atomic mass is 19.4. The Bertz CT molecular complexity index is 1020. The first-order chi connectivity index (χ1) is 13.8. The Balaban J connectivity index is 1.40. The Kier molecular flexibility index (Phi) is 4.97. The van der Waals surface area contributed by atoms with Crippen LogP contribution in [0.2, 0.25) is 0 Å². The molecule has 4 rings (SSSR count). The first-order valence-corrected chi connectivity index (χ1v) is 9.42. The van der Waals surface area contributed by atoms with Gasteiger partial charge in [0.25, 0.3) is 0 Å². The van der Waals surface area contributed by atoms with Gasteiger partial charge in [0, 0.05) is 0 Å². The zero-order valence-corrected chi connectivity index (χ0v) is 15.8. The zero-order chi connectivity index (χ0) is 20.6. The number of rotatable bonds is 6. The van der Waals surface area contributed by atoms with Gasteiger partial charge in [0.2, 0.25) is 5.91 Å². The van der Waals surface area contributed by atoms with E-state index in [1.54, 1.807) is 13.0 Å². The maximum Gasteiger partial charge on any atom is 0.408 e. The molecule has 3 aromatic rings. The lowest BCUT2D eigenvalue weighted by atomic mass is 10.1. The minimum Gasteiger partial charge on any atom is -0.348 e. The third-order valence-electron chi connectivity index (χ3n) is 4.96. The molecule has 1 fully saturated rings. The molecule has 29 heavy (non-hydrogen) atoms. The number of pyridine rings is 1. The molecule has 6 nitrogen and oxygen atoms in total. The van der Waals surface area contributed by atoms with Crippen molar-refractivity contribution >= 4 is 16.9 Å². The zero-order valence-electron chi connectivity index (χ0n) is 15.8. The lowest BCUT2D eigenvalue weighted by Crippen LogP contribution is -2.28. The molecule has 1 aliphatic rings. The van der Waals surface area contributed by atoms with E-state index in [4.69, 9.17) is 0 Å². The number of nitrogens with one attached hydrogen (secondary N) is 1. The monoisotopic (exact) mass is 403 g/mol. The van der Waals surface area contributed by atoms with Crippen LogP contribution >= 0.6 is 0 Å². The van der Waals surface area contributed by atoms with Crippen LogP contribution in [0.1, 0.15) is 48.5 Å². The summed E-state index contributed by atoms with van der Waals surface area (Å²) in [6, 6.07) is 9.23. The minimum absolute atomic E-state index is 0.153. The van der Waals surface area contributed by atoms with Gasteiger partial charge in [-0.2, -0.15) is 13.2 Å². The molecule has 1 atom stereocenters. The van der Waals surface area contributed by atoms with Crippen molar-refractivity contribution in [3.05, 3.63) is 53.3 Å². The topological polar surface area (TPSA) is 72.7 Å². The van der Waals surface area contributed by atoms with Crippen LogP contribution in [0.3, 0.4) is 0 Å². The second-order valence-corrected chi connectivity index (χ2v) is 7.44. The number of amides is 1. The molecule has 0 saturated heterocycles. The van der Waals surface area contributed by atoms with E-state index < -0.39 is 18.8 Å². The molecule has 1 amide bonds. The van der Waals surface area contributed by atoms with Crippen LogP contribution in [0.15, 0.2) is 36.5 Å². The highest BCUT2D eigenvalue weighted by Gasteiger charge is 2.29. The Hall–Kier alpha value is -2.97. The van der Waals surface area contributed by atoms with Crippen LogP contribution in [-0.2, 0) is 17.8 Å². The molecular formula is C20H20F3N5O. The van der Waals surface area contributed by atoms with Crippen molar-refractivity contribution in [1.29, 1.82) is 0 Å². The fourth-order valence-electron chi connectivity index (χ4n) is 3.28. The number of hydrogen-bond acceptors (Lipinski definition) is 4. The van der Waals surface area contributed by atoms with Gasteiger partial charge in [-0.05, 0) is 42.9 Å². The van der Waals surface area contributed by atoms with Crippen molar-refractivity contribution in [2.45, 2.75) is 50.9 Å². The summed E-state index contributed by atoms with van der Waals surface area (Å²) in [4.78, 5) is 16.5. The Morgan fingerprint density at radius 2 is 2.00 bits per heavy atom. The molecule has 1 aliphatic carbocycles. The molecule has 2 heterocycles. The summed E-state index contributed by atoms with van der Waals surface area (Å²) in [6.45, 7) is 0.540. The number of benzene rings is 1. The van der Waals surface area contributed by atoms with Crippen molar-refractivity contribution in [3.8, 4) is 0 Å². The molecule has 9 heteroatoms. The molecule has 0 radical (unpaired) electrons. The number of alkyl halides is 3. The lowest BCUT2D eigenvalue weighted by molar-refractivity contribution is -0.142. The molecule has 152 valence electrons. The van der Waals surface area contributed by atoms with E-state index in [0.717, 1.165) is 10.2 Å². The van der Waals surface area contributed by atoms with Crippen LogP contribution in [0.4, 0.5) is 13.2 Å². The molecule has 0 spiro atoms. The quantitative estimate of drug-likeness (QED) is 0.681. The van der Waals surface area contributed by atoms with Crippen LogP contribution in [-0.4, -0.2) is 32.1 Å². The van der Waals surface area contributed by atoms with Gasteiger partial charge in [0.15, 0.2) is 0 Å². The molecule has 1 saturated carbocycles. The smallest absolute Gasteiger partial charge is 0.348 e. The molecule has 2 aromatic heterocycles. The van der Waals surface area contributed by atoms with Crippen molar-refractivity contribution < 1.29 is 18.0 Å². The third-order valence-corrected chi connectivity index (χ3v) is 4.96. The highest BCUT2D eigenvalue weighted by Crippen LogP contribution is 2.39. The maximum atomic E-state index is 12.6. The number of halogens is 3. The predicted octanol–water partition coefficient (Wildman–Crippen LogP) is 3.69. The largest absolute Gasteiger partial charge is 0.408 e. The van der Waals surface area contributed by atoms with E-state index in [2.05, 4.69) is 32.7 Å². The fraction of sp³-hybridized carbons (Fsp3) is 0.400. The van der Waals surface area contributed by atoms with Gasteiger partial charge in [0.05, 0.1) is 24.4 Å². The second-order valence-electron chi connectivity index (χ2n) is 7.44. The van der Waals surface area contributed by atoms with Crippen molar-refractivity contribution in [2.75, 3.05) is 0 Å². The van der Waals surface area contributed by atoms with E-state index in [9.17, 15) is 18.0 Å². The first kappa shape index (κ1) is 19.4.